The van der Waals surface area contributed by atoms with Crippen molar-refractivity contribution in [2.45, 2.75) is 32.4 Å². The lowest BCUT2D eigenvalue weighted by Crippen LogP contribution is -2.53. The summed E-state index contributed by atoms with van der Waals surface area (Å²) in [7, 11) is 0. The highest BCUT2D eigenvalue weighted by Gasteiger charge is 2.69. The largest absolute Gasteiger partial charge is 0.394 e. The summed E-state index contributed by atoms with van der Waals surface area (Å²) in [4.78, 5) is 33.2. The van der Waals surface area contributed by atoms with E-state index in [0.29, 0.717) is 24.6 Å². The van der Waals surface area contributed by atoms with Crippen molar-refractivity contribution < 1.29 is 14.7 Å². The number of nitrogens with one attached hydrogen (secondary N) is 1. The Bertz CT molecular complexity index is 1190. The van der Waals surface area contributed by atoms with Gasteiger partial charge in [-0.05, 0) is 41.4 Å². The van der Waals surface area contributed by atoms with E-state index in [1.807, 2.05) is 60.7 Å². The van der Waals surface area contributed by atoms with Crippen molar-refractivity contribution in [3.05, 3.63) is 78.0 Å². The van der Waals surface area contributed by atoms with Gasteiger partial charge in [0.25, 0.3) is 5.91 Å². The zero-order valence-corrected chi connectivity index (χ0v) is 18.9. The van der Waals surface area contributed by atoms with E-state index < -0.39 is 12.1 Å². The molecule has 4 atom stereocenters. The first-order valence-corrected chi connectivity index (χ1v) is 11.5. The van der Waals surface area contributed by atoms with Gasteiger partial charge in [-0.2, -0.15) is 0 Å². The molecular formula is C27H29N3O3. The second-order valence-corrected chi connectivity index (χ2v) is 9.82. The Morgan fingerprint density at radius 2 is 1.82 bits per heavy atom. The first-order chi connectivity index (χ1) is 15.9. The topological polar surface area (TPSA) is 82.5 Å². The highest BCUT2D eigenvalue weighted by atomic mass is 16.3. The number of benzene rings is 2. The van der Waals surface area contributed by atoms with Crippen LogP contribution in [0.15, 0.2) is 66.7 Å². The fourth-order valence-electron chi connectivity index (χ4n) is 5.47. The quantitative estimate of drug-likeness (QED) is 0.614. The van der Waals surface area contributed by atoms with Gasteiger partial charge in [0, 0.05) is 11.9 Å². The average Bonchev–Trinajstić information content (AvgIpc) is 3.17. The molecule has 3 aromatic rings. The highest BCUT2D eigenvalue weighted by Crippen LogP contribution is 2.65. The summed E-state index contributed by atoms with van der Waals surface area (Å²) in [5.41, 5.74) is 2.18. The molecule has 2 aliphatic rings. The molecule has 33 heavy (non-hydrogen) atoms. The van der Waals surface area contributed by atoms with Crippen molar-refractivity contribution in [2.75, 3.05) is 13.2 Å². The fraction of sp³-hybridized carbons (Fsp3) is 0.370. The van der Waals surface area contributed by atoms with E-state index in [0.717, 1.165) is 16.5 Å². The second-order valence-electron chi connectivity index (χ2n) is 9.82. The number of amides is 2. The third-order valence-corrected chi connectivity index (χ3v) is 7.45. The molecule has 6 nitrogen and oxygen atoms in total. The zero-order chi connectivity index (χ0) is 23.2. The third-order valence-electron chi connectivity index (χ3n) is 7.45. The van der Waals surface area contributed by atoms with E-state index in [1.165, 1.54) is 0 Å². The van der Waals surface area contributed by atoms with Crippen LogP contribution in [-0.2, 0) is 11.2 Å². The van der Waals surface area contributed by atoms with Crippen molar-refractivity contribution in [2.24, 2.45) is 17.3 Å². The molecule has 1 unspecified atom stereocenters. The van der Waals surface area contributed by atoms with Gasteiger partial charge >= 0.3 is 0 Å². The molecule has 170 valence electrons. The molecule has 0 spiro atoms. The lowest BCUT2D eigenvalue weighted by Gasteiger charge is -2.31. The number of nitrogens with zero attached hydrogens (tertiary/aromatic N) is 2. The fourth-order valence-corrected chi connectivity index (χ4v) is 5.47. The standard InChI is InChI=1S/C27H29N3O3/c1-27(2)20-15-30(26(33)22-13-12-18-10-6-7-11-21(18)29-22)24(23(20)27)25(32)28-19(16-31)14-17-8-4-3-5-9-17/h3-13,19-20,23-24,31H,14-16H2,1-2H3,(H,28,32)/t19-,20-,23-,24?/m0/s1. The van der Waals surface area contributed by atoms with E-state index in [1.54, 1.807) is 11.0 Å². The number of rotatable bonds is 6. The molecule has 6 heteroatoms. The number of piperidine rings is 1. The number of aromatic nitrogens is 1. The van der Waals surface area contributed by atoms with Crippen molar-refractivity contribution in [1.82, 2.24) is 15.2 Å². The molecule has 0 radical (unpaired) electrons. The number of aliphatic hydroxyl groups is 1. The minimum Gasteiger partial charge on any atom is -0.394 e. The van der Waals surface area contributed by atoms with Gasteiger partial charge in [0.1, 0.15) is 11.7 Å². The molecule has 2 heterocycles. The number of likely N-dealkylation sites (tertiary alicyclic amines) is 1. The molecule has 2 aromatic carbocycles. The van der Waals surface area contributed by atoms with Crippen LogP contribution in [0.1, 0.15) is 29.9 Å². The van der Waals surface area contributed by atoms with Crippen LogP contribution in [-0.4, -0.2) is 52.0 Å². The Balaban J connectivity index is 1.37. The van der Waals surface area contributed by atoms with E-state index in [9.17, 15) is 14.7 Å². The minimum absolute atomic E-state index is 0.0176. The van der Waals surface area contributed by atoms with Crippen LogP contribution in [0.3, 0.4) is 0 Å². The summed E-state index contributed by atoms with van der Waals surface area (Å²) in [6.45, 7) is 4.70. The minimum atomic E-state index is -0.560. The smallest absolute Gasteiger partial charge is 0.273 e. The highest BCUT2D eigenvalue weighted by molar-refractivity contribution is 5.99. The summed E-state index contributed by atoms with van der Waals surface area (Å²) in [5, 5.41) is 13.9. The number of fused-ring (bicyclic) bond motifs is 2. The van der Waals surface area contributed by atoms with Crippen LogP contribution in [0.5, 0.6) is 0 Å². The Labute approximate surface area is 193 Å². The number of hydrogen-bond acceptors (Lipinski definition) is 4. The van der Waals surface area contributed by atoms with Gasteiger partial charge in [0.05, 0.1) is 18.2 Å². The van der Waals surface area contributed by atoms with Gasteiger partial charge in [-0.1, -0.05) is 68.4 Å². The van der Waals surface area contributed by atoms with Crippen LogP contribution >= 0.6 is 0 Å². The van der Waals surface area contributed by atoms with Crippen LogP contribution in [0.4, 0.5) is 0 Å². The maximum Gasteiger partial charge on any atom is 0.273 e. The van der Waals surface area contributed by atoms with Crippen LogP contribution in [0, 0.1) is 17.3 Å². The molecule has 0 bridgehead atoms. The number of aliphatic hydroxyl groups excluding tert-OH is 1. The Hall–Kier alpha value is -3.25. The van der Waals surface area contributed by atoms with E-state index >= 15 is 0 Å². The number of para-hydroxylation sites is 1. The maximum atomic E-state index is 13.5. The van der Waals surface area contributed by atoms with Gasteiger partial charge in [0.15, 0.2) is 0 Å². The number of carbonyl (C=O) groups excluding carboxylic acids is 2. The lowest BCUT2D eigenvalue weighted by atomic mass is 9.99. The predicted octanol–water partition coefficient (Wildman–Crippen LogP) is 3.05. The van der Waals surface area contributed by atoms with Crippen LogP contribution < -0.4 is 5.32 Å². The summed E-state index contributed by atoms with van der Waals surface area (Å²) < 4.78 is 0. The van der Waals surface area contributed by atoms with Gasteiger partial charge < -0.3 is 15.3 Å². The van der Waals surface area contributed by atoms with E-state index in [2.05, 4.69) is 24.1 Å². The monoisotopic (exact) mass is 443 g/mol. The third kappa shape index (κ3) is 3.89. The number of carbonyl (C=O) groups is 2. The molecular weight excluding hydrogens is 414 g/mol. The van der Waals surface area contributed by atoms with Crippen molar-refractivity contribution in [3.8, 4) is 0 Å². The van der Waals surface area contributed by atoms with Crippen LogP contribution in [0.25, 0.3) is 10.9 Å². The Morgan fingerprint density at radius 1 is 1.09 bits per heavy atom. The Morgan fingerprint density at radius 3 is 2.58 bits per heavy atom. The van der Waals surface area contributed by atoms with Crippen molar-refractivity contribution in [3.63, 3.8) is 0 Å². The van der Waals surface area contributed by atoms with Crippen molar-refractivity contribution in [1.29, 1.82) is 0 Å². The molecule has 5 rings (SSSR count). The first kappa shape index (κ1) is 21.6. The normalized spacial score (nSPS) is 23.7. The van der Waals surface area contributed by atoms with E-state index in [-0.39, 0.29) is 29.8 Å². The number of hydrogen-bond donors (Lipinski definition) is 2. The van der Waals surface area contributed by atoms with Gasteiger partial charge in [-0.15, -0.1) is 0 Å². The molecule has 1 aromatic heterocycles. The maximum absolute atomic E-state index is 13.5. The predicted molar refractivity (Wildman–Crippen MR) is 126 cm³/mol. The van der Waals surface area contributed by atoms with Crippen LogP contribution in [0.2, 0.25) is 0 Å². The number of pyridine rings is 1. The molecule has 1 saturated carbocycles. The molecule has 1 aliphatic carbocycles. The molecule has 2 amide bonds. The molecule has 2 fully saturated rings. The molecule has 1 aliphatic heterocycles. The summed E-state index contributed by atoms with van der Waals surface area (Å²) in [6.07, 6.45) is 0.535. The zero-order valence-electron chi connectivity index (χ0n) is 18.9. The molecule has 1 saturated heterocycles. The van der Waals surface area contributed by atoms with Gasteiger partial charge in [0.2, 0.25) is 5.91 Å². The summed E-state index contributed by atoms with van der Waals surface area (Å²) in [6, 6.07) is 20.1. The molecule has 2 N–H and O–H groups in total. The Kier molecular flexibility index (Phi) is 5.41. The van der Waals surface area contributed by atoms with Gasteiger partial charge in [-0.25, -0.2) is 4.98 Å². The SMILES string of the molecule is CC1(C)[C@@H]2C(C(=O)N[C@H](CO)Cc3ccccc3)N(C(=O)c3ccc4ccccc4n3)C[C@@H]21. The summed E-state index contributed by atoms with van der Waals surface area (Å²) >= 11 is 0. The second kappa shape index (κ2) is 8.27. The van der Waals surface area contributed by atoms with Crippen molar-refractivity contribution >= 4 is 22.7 Å². The average molecular weight is 444 g/mol. The van der Waals surface area contributed by atoms with E-state index in [4.69, 9.17) is 0 Å². The lowest BCUT2D eigenvalue weighted by molar-refractivity contribution is -0.127. The van der Waals surface area contributed by atoms with Gasteiger partial charge in [-0.3, -0.25) is 9.59 Å². The summed E-state index contributed by atoms with van der Waals surface area (Å²) in [5.74, 6) is -0.0120. The first-order valence-electron chi connectivity index (χ1n) is 11.5.